The monoisotopic (exact) mass is 314 g/mol. The maximum Gasteiger partial charge on any atom is 0.242 e. The standard InChI is InChI=1S/C14H23ClN4O2/c1-5-21-8-13-18-11(15)6-12(19-13)17-10(4)14(20)16-7-9(2)3/h6,9-10H,5,7-8H2,1-4H3,(H,16,20)(H,17,18,19). The van der Waals surface area contributed by atoms with Crippen LogP contribution in [0.2, 0.25) is 5.15 Å². The molecule has 118 valence electrons. The molecule has 1 aromatic heterocycles. The highest BCUT2D eigenvalue weighted by molar-refractivity contribution is 6.29. The lowest BCUT2D eigenvalue weighted by Crippen LogP contribution is -2.39. The van der Waals surface area contributed by atoms with Gasteiger partial charge >= 0.3 is 0 Å². The van der Waals surface area contributed by atoms with Crippen LogP contribution in [0.1, 0.15) is 33.5 Å². The summed E-state index contributed by atoms with van der Waals surface area (Å²) in [7, 11) is 0. The number of ether oxygens (including phenoxy) is 1. The van der Waals surface area contributed by atoms with Crippen LogP contribution in [0.25, 0.3) is 0 Å². The second-order valence-corrected chi connectivity index (χ2v) is 5.52. The number of amides is 1. The molecule has 0 bridgehead atoms. The Kier molecular flexibility index (Phi) is 7.39. The fourth-order valence-electron chi connectivity index (χ4n) is 1.54. The molecule has 0 aliphatic heterocycles. The van der Waals surface area contributed by atoms with Crippen LogP contribution in [0.3, 0.4) is 0 Å². The third kappa shape index (κ3) is 6.73. The van der Waals surface area contributed by atoms with Gasteiger partial charge in [-0.25, -0.2) is 9.97 Å². The van der Waals surface area contributed by atoms with E-state index in [9.17, 15) is 4.79 Å². The van der Waals surface area contributed by atoms with Crippen LogP contribution in [0.15, 0.2) is 6.07 Å². The normalized spacial score (nSPS) is 12.3. The van der Waals surface area contributed by atoms with Crippen molar-refractivity contribution in [3.05, 3.63) is 17.0 Å². The number of hydrogen-bond acceptors (Lipinski definition) is 5. The fourth-order valence-corrected chi connectivity index (χ4v) is 1.74. The highest BCUT2D eigenvalue weighted by atomic mass is 35.5. The molecule has 1 aromatic rings. The van der Waals surface area contributed by atoms with E-state index in [0.29, 0.717) is 42.5 Å². The molecule has 0 radical (unpaired) electrons. The number of carbonyl (C=O) groups excluding carboxylic acids is 1. The molecule has 0 spiro atoms. The fraction of sp³-hybridized carbons (Fsp3) is 0.643. The number of nitrogens with one attached hydrogen (secondary N) is 2. The summed E-state index contributed by atoms with van der Waals surface area (Å²) in [6.07, 6.45) is 0. The van der Waals surface area contributed by atoms with Crippen molar-refractivity contribution in [1.82, 2.24) is 15.3 Å². The van der Waals surface area contributed by atoms with Gasteiger partial charge in [-0.2, -0.15) is 0 Å². The van der Waals surface area contributed by atoms with Crippen LogP contribution in [0, 0.1) is 5.92 Å². The van der Waals surface area contributed by atoms with Gasteiger partial charge in [0.15, 0.2) is 5.82 Å². The summed E-state index contributed by atoms with van der Waals surface area (Å²) in [6, 6.07) is 1.18. The minimum Gasteiger partial charge on any atom is -0.374 e. The van der Waals surface area contributed by atoms with E-state index in [1.54, 1.807) is 13.0 Å². The summed E-state index contributed by atoms with van der Waals surface area (Å²) >= 11 is 5.95. The van der Waals surface area contributed by atoms with Gasteiger partial charge in [0, 0.05) is 19.2 Å². The lowest BCUT2D eigenvalue weighted by Gasteiger charge is -2.16. The van der Waals surface area contributed by atoms with Crippen molar-refractivity contribution >= 4 is 23.3 Å². The van der Waals surface area contributed by atoms with Gasteiger partial charge in [0.25, 0.3) is 0 Å². The van der Waals surface area contributed by atoms with Crippen LogP contribution >= 0.6 is 11.6 Å². The first-order valence-corrected chi connectivity index (χ1v) is 7.45. The zero-order valence-corrected chi connectivity index (χ0v) is 13.7. The summed E-state index contributed by atoms with van der Waals surface area (Å²) in [5, 5.41) is 6.20. The quantitative estimate of drug-likeness (QED) is 0.720. The van der Waals surface area contributed by atoms with Gasteiger partial charge in [-0.1, -0.05) is 25.4 Å². The maximum atomic E-state index is 11.9. The SMILES string of the molecule is CCOCc1nc(Cl)cc(NC(C)C(=O)NCC(C)C)n1. The summed E-state index contributed by atoms with van der Waals surface area (Å²) in [5.74, 6) is 1.33. The number of anilines is 1. The molecule has 21 heavy (non-hydrogen) atoms. The van der Waals surface area contributed by atoms with Gasteiger partial charge in [-0.05, 0) is 19.8 Å². The lowest BCUT2D eigenvalue weighted by molar-refractivity contribution is -0.121. The summed E-state index contributed by atoms with van der Waals surface area (Å²) in [4.78, 5) is 20.3. The highest BCUT2D eigenvalue weighted by Crippen LogP contribution is 2.13. The average Bonchev–Trinajstić information content (AvgIpc) is 2.41. The van der Waals surface area contributed by atoms with Crippen molar-refractivity contribution in [2.75, 3.05) is 18.5 Å². The Balaban J connectivity index is 2.64. The van der Waals surface area contributed by atoms with Gasteiger partial charge in [0.05, 0.1) is 0 Å². The molecule has 7 heteroatoms. The smallest absolute Gasteiger partial charge is 0.242 e. The van der Waals surface area contributed by atoms with E-state index in [-0.39, 0.29) is 5.91 Å². The van der Waals surface area contributed by atoms with E-state index >= 15 is 0 Å². The molecule has 0 aromatic carbocycles. The van der Waals surface area contributed by atoms with Crippen LogP contribution in [0.4, 0.5) is 5.82 Å². The van der Waals surface area contributed by atoms with E-state index in [0.717, 1.165) is 0 Å². The molecular weight excluding hydrogens is 292 g/mol. The van der Waals surface area contributed by atoms with Crippen molar-refractivity contribution < 1.29 is 9.53 Å². The summed E-state index contributed by atoms with van der Waals surface area (Å²) in [5.41, 5.74) is 0. The predicted octanol–water partition coefficient (Wildman–Crippen LogP) is 2.24. The molecule has 0 fully saturated rings. The van der Waals surface area contributed by atoms with Crippen LogP contribution in [0.5, 0.6) is 0 Å². The number of carbonyl (C=O) groups is 1. The largest absolute Gasteiger partial charge is 0.374 e. The molecule has 6 nitrogen and oxygen atoms in total. The minimum absolute atomic E-state index is 0.0789. The topological polar surface area (TPSA) is 76.1 Å². The van der Waals surface area contributed by atoms with E-state index in [4.69, 9.17) is 16.3 Å². The average molecular weight is 315 g/mol. The van der Waals surface area contributed by atoms with E-state index in [2.05, 4.69) is 20.6 Å². The molecule has 1 heterocycles. The Bertz CT molecular complexity index is 468. The highest BCUT2D eigenvalue weighted by Gasteiger charge is 2.14. The van der Waals surface area contributed by atoms with Crippen LogP contribution < -0.4 is 10.6 Å². The third-order valence-corrected chi connectivity index (χ3v) is 2.81. The van der Waals surface area contributed by atoms with Gasteiger partial charge in [-0.3, -0.25) is 4.79 Å². The third-order valence-electron chi connectivity index (χ3n) is 2.62. The van der Waals surface area contributed by atoms with Crippen molar-refractivity contribution in [2.45, 2.75) is 40.3 Å². The van der Waals surface area contributed by atoms with Gasteiger partial charge in [0.1, 0.15) is 23.6 Å². The van der Waals surface area contributed by atoms with Gasteiger partial charge in [-0.15, -0.1) is 0 Å². The number of hydrogen-bond donors (Lipinski definition) is 2. The zero-order valence-electron chi connectivity index (χ0n) is 12.9. The Morgan fingerprint density at radius 2 is 2.10 bits per heavy atom. The molecule has 0 saturated heterocycles. The number of nitrogens with zero attached hydrogens (tertiary/aromatic N) is 2. The maximum absolute atomic E-state index is 11.9. The first-order valence-electron chi connectivity index (χ1n) is 7.07. The zero-order chi connectivity index (χ0) is 15.8. The molecule has 2 N–H and O–H groups in total. The van der Waals surface area contributed by atoms with Crippen LogP contribution in [-0.2, 0) is 16.1 Å². The molecule has 0 saturated carbocycles. The first kappa shape index (κ1) is 17.7. The van der Waals surface area contributed by atoms with E-state index < -0.39 is 6.04 Å². The Morgan fingerprint density at radius 1 is 1.38 bits per heavy atom. The summed E-state index contributed by atoms with van der Waals surface area (Å²) in [6.45, 7) is 9.27. The summed E-state index contributed by atoms with van der Waals surface area (Å²) < 4.78 is 5.26. The first-order chi connectivity index (χ1) is 9.92. The molecular formula is C14H23ClN4O2. The van der Waals surface area contributed by atoms with E-state index in [1.165, 1.54) is 0 Å². The number of rotatable bonds is 8. The second kappa shape index (κ2) is 8.79. The molecule has 0 aliphatic rings. The van der Waals surface area contributed by atoms with Crippen molar-refractivity contribution in [2.24, 2.45) is 5.92 Å². The number of aromatic nitrogens is 2. The number of halogens is 1. The van der Waals surface area contributed by atoms with E-state index in [1.807, 2.05) is 20.8 Å². The molecule has 0 aliphatic carbocycles. The lowest BCUT2D eigenvalue weighted by atomic mass is 10.2. The van der Waals surface area contributed by atoms with Crippen molar-refractivity contribution in [3.63, 3.8) is 0 Å². The Hall–Kier alpha value is -1.40. The molecule has 1 unspecified atom stereocenters. The Labute approximate surface area is 130 Å². The van der Waals surface area contributed by atoms with Crippen LogP contribution in [-0.4, -0.2) is 35.1 Å². The second-order valence-electron chi connectivity index (χ2n) is 5.13. The molecule has 1 rings (SSSR count). The van der Waals surface area contributed by atoms with Crippen molar-refractivity contribution in [1.29, 1.82) is 0 Å². The molecule has 1 atom stereocenters. The Morgan fingerprint density at radius 3 is 2.71 bits per heavy atom. The van der Waals surface area contributed by atoms with Gasteiger partial charge < -0.3 is 15.4 Å². The predicted molar refractivity (Wildman–Crippen MR) is 83.3 cm³/mol. The minimum atomic E-state index is -0.408. The van der Waals surface area contributed by atoms with Gasteiger partial charge in [0.2, 0.25) is 5.91 Å². The van der Waals surface area contributed by atoms with Crippen molar-refractivity contribution in [3.8, 4) is 0 Å². The molecule has 1 amide bonds.